The van der Waals surface area contributed by atoms with Crippen LogP contribution in [0.15, 0.2) is 41.6 Å². The van der Waals surface area contributed by atoms with E-state index in [-0.39, 0.29) is 5.56 Å². The quantitative estimate of drug-likeness (QED) is 0.645. The number of hydrogen-bond donors (Lipinski definition) is 0. The van der Waals surface area contributed by atoms with Crippen LogP contribution in [-0.2, 0) is 23.6 Å². The zero-order chi connectivity index (χ0) is 19.9. The van der Waals surface area contributed by atoms with Gasteiger partial charge in [0.25, 0.3) is 5.56 Å². The molecule has 0 aromatic carbocycles. The van der Waals surface area contributed by atoms with Gasteiger partial charge in [0.05, 0.1) is 11.6 Å². The molecule has 0 radical (unpaired) electrons. The lowest BCUT2D eigenvalue weighted by Gasteiger charge is -2.32. The summed E-state index contributed by atoms with van der Waals surface area (Å²) in [6.45, 7) is 3.11. The lowest BCUT2D eigenvalue weighted by Crippen LogP contribution is -2.47. The first-order valence-electron chi connectivity index (χ1n) is 9.03. The van der Waals surface area contributed by atoms with Gasteiger partial charge in [-0.2, -0.15) is 4.31 Å². The molecule has 0 bridgehead atoms. The second-order valence-electron chi connectivity index (χ2n) is 7.09. The number of fused-ring (bicyclic) bond motifs is 1. The number of pyridine rings is 2. The average molecular weight is 419 g/mol. The highest BCUT2D eigenvalue weighted by molar-refractivity contribution is 7.88. The van der Waals surface area contributed by atoms with Crippen LogP contribution < -0.4 is 5.56 Å². The summed E-state index contributed by atoms with van der Waals surface area (Å²) in [4.78, 5) is 20.2. The molecule has 3 aromatic rings. The number of aromatic nitrogens is 2. The lowest BCUT2D eigenvalue weighted by atomic mass is 10.1. The molecule has 4 heterocycles. The standard InChI is InChI=1S/C19H22N4O3S2/c1-21-13-17(14-4-3-5-20-11-14)18-16(19(21)24)10-15(27-18)12-22-6-8-23(9-7-22)28(2,25)26/h3-5,10-11,13H,6-9,12H2,1-2H3. The summed E-state index contributed by atoms with van der Waals surface area (Å²) >= 11 is 1.63. The largest absolute Gasteiger partial charge is 0.317 e. The Balaban J connectivity index is 1.64. The van der Waals surface area contributed by atoms with E-state index < -0.39 is 10.0 Å². The van der Waals surface area contributed by atoms with Crippen LogP contribution in [0.2, 0.25) is 0 Å². The minimum absolute atomic E-state index is 0.00737. The van der Waals surface area contributed by atoms with Crippen LogP contribution in [0.5, 0.6) is 0 Å². The molecular formula is C19H22N4O3S2. The molecule has 3 aromatic heterocycles. The molecule has 7 nitrogen and oxygen atoms in total. The molecule has 0 spiro atoms. The lowest BCUT2D eigenvalue weighted by molar-refractivity contribution is 0.183. The molecule has 4 rings (SSSR count). The van der Waals surface area contributed by atoms with Gasteiger partial charge in [-0.15, -0.1) is 11.3 Å². The number of thiophene rings is 1. The smallest absolute Gasteiger partial charge is 0.259 e. The summed E-state index contributed by atoms with van der Waals surface area (Å²) in [6, 6.07) is 5.86. The average Bonchev–Trinajstić information content (AvgIpc) is 3.09. The van der Waals surface area contributed by atoms with Crippen molar-refractivity contribution in [3.63, 3.8) is 0 Å². The van der Waals surface area contributed by atoms with E-state index in [9.17, 15) is 13.2 Å². The van der Waals surface area contributed by atoms with E-state index in [4.69, 9.17) is 0 Å². The van der Waals surface area contributed by atoms with Crippen LogP contribution in [0, 0.1) is 0 Å². The van der Waals surface area contributed by atoms with Gasteiger partial charge < -0.3 is 4.57 Å². The SMILES string of the molecule is Cn1cc(-c2cccnc2)c2sc(CN3CCN(S(C)(=O)=O)CC3)cc2c1=O. The minimum Gasteiger partial charge on any atom is -0.317 e. The Morgan fingerprint density at radius 2 is 1.96 bits per heavy atom. The fraction of sp³-hybridized carbons (Fsp3) is 0.368. The van der Waals surface area contributed by atoms with Crippen LogP contribution in [0.25, 0.3) is 21.2 Å². The Morgan fingerprint density at radius 3 is 2.61 bits per heavy atom. The molecule has 1 aliphatic heterocycles. The van der Waals surface area contributed by atoms with Crippen molar-refractivity contribution < 1.29 is 8.42 Å². The summed E-state index contributed by atoms with van der Waals surface area (Å²) in [5.74, 6) is 0. The second kappa shape index (κ2) is 7.40. The van der Waals surface area contributed by atoms with E-state index in [1.165, 1.54) is 10.6 Å². The van der Waals surface area contributed by atoms with Gasteiger partial charge in [0, 0.05) is 79.1 Å². The fourth-order valence-electron chi connectivity index (χ4n) is 3.55. The van der Waals surface area contributed by atoms with Crippen molar-refractivity contribution in [1.82, 2.24) is 18.8 Å². The van der Waals surface area contributed by atoms with Crippen LogP contribution >= 0.6 is 11.3 Å². The van der Waals surface area contributed by atoms with Crippen molar-refractivity contribution >= 4 is 31.4 Å². The molecule has 0 amide bonds. The van der Waals surface area contributed by atoms with Crippen molar-refractivity contribution in [1.29, 1.82) is 0 Å². The van der Waals surface area contributed by atoms with Crippen LogP contribution in [-0.4, -0.2) is 59.6 Å². The summed E-state index contributed by atoms with van der Waals surface area (Å²) in [5, 5.41) is 0.721. The van der Waals surface area contributed by atoms with Crippen molar-refractivity contribution in [3.05, 3.63) is 52.0 Å². The number of sulfonamides is 1. The number of nitrogens with zero attached hydrogens (tertiary/aromatic N) is 4. The Hall–Kier alpha value is -2.07. The molecule has 9 heteroatoms. The Labute approximate surface area is 167 Å². The predicted octanol–water partition coefficient (Wildman–Crippen LogP) is 1.74. The zero-order valence-electron chi connectivity index (χ0n) is 15.8. The summed E-state index contributed by atoms with van der Waals surface area (Å²) < 4.78 is 27.5. The van der Waals surface area contributed by atoms with Crippen molar-refractivity contribution in [2.24, 2.45) is 7.05 Å². The molecule has 28 heavy (non-hydrogen) atoms. The molecule has 1 saturated heterocycles. The van der Waals surface area contributed by atoms with E-state index in [0.717, 1.165) is 26.1 Å². The van der Waals surface area contributed by atoms with E-state index in [0.29, 0.717) is 32.7 Å². The molecule has 1 fully saturated rings. The molecule has 1 aliphatic rings. The van der Waals surface area contributed by atoms with E-state index in [1.807, 2.05) is 30.6 Å². The number of piperazine rings is 1. The van der Waals surface area contributed by atoms with Gasteiger partial charge in [0.2, 0.25) is 10.0 Å². The topological polar surface area (TPSA) is 75.5 Å². The highest BCUT2D eigenvalue weighted by atomic mass is 32.2. The minimum atomic E-state index is -3.13. The van der Waals surface area contributed by atoms with Gasteiger partial charge in [-0.3, -0.25) is 14.7 Å². The third kappa shape index (κ3) is 3.75. The maximum absolute atomic E-state index is 12.6. The Kier molecular flexibility index (Phi) is 5.09. The first kappa shape index (κ1) is 19.3. The van der Waals surface area contributed by atoms with Crippen molar-refractivity contribution in [2.75, 3.05) is 32.4 Å². The van der Waals surface area contributed by atoms with Gasteiger partial charge in [-0.05, 0) is 12.1 Å². The van der Waals surface area contributed by atoms with Gasteiger partial charge in [0.1, 0.15) is 0 Å². The number of rotatable bonds is 4. The van der Waals surface area contributed by atoms with E-state index in [2.05, 4.69) is 9.88 Å². The van der Waals surface area contributed by atoms with E-state index >= 15 is 0 Å². The van der Waals surface area contributed by atoms with Gasteiger partial charge in [-0.1, -0.05) is 6.07 Å². The maximum atomic E-state index is 12.6. The van der Waals surface area contributed by atoms with Crippen molar-refractivity contribution in [2.45, 2.75) is 6.54 Å². The van der Waals surface area contributed by atoms with Gasteiger partial charge in [-0.25, -0.2) is 8.42 Å². The molecule has 0 atom stereocenters. The predicted molar refractivity (Wildman–Crippen MR) is 112 cm³/mol. The molecular weight excluding hydrogens is 396 g/mol. The first-order chi connectivity index (χ1) is 13.3. The Morgan fingerprint density at radius 1 is 1.21 bits per heavy atom. The monoisotopic (exact) mass is 418 g/mol. The second-order valence-corrected chi connectivity index (χ2v) is 10.2. The molecule has 148 valence electrons. The fourth-order valence-corrected chi connectivity index (χ4v) is 5.60. The normalized spacial score (nSPS) is 16.6. The molecule has 0 N–H and O–H groups in total. The zero-order valence-corrected chi connectivity index (χ0v) is 17.5. The number of hydrogen-bond acceptors (Lipinski definition) is 6. The maximum Gasteiger partial charge on any atom is 0.259 e. The van der Waals surface area contributed by atoms with Crippen LogP contribution in [0.4, 0.5) is 0 Å². The van der Waals surface area contributed by atoms with Gasteiger partial charge >= 0.3 is 0 Å². The molecule has 0 aliphatic carbocycles. The third-order valence-electron chi connectivity index (χ3n) is 5.05. The highest BCUT2D eigenvalue weighted by Crippen LogP contribution is 2.33. The Bertz CT molecular complexity index is 1160. The van der Waals surface area contributed by atoms with Crippen LogP contribution in [0.1, 0.15) is 4.88 Å². The van der Waals surface area contributed by atoms with E-state index in [1.54, 1.807) is 29.1 Å². The summed E-state index contributed by atoms with van der Waals surface area (Å²) in [7, 11) is -1.36. The number of aryl methyl sites for hydroxylation is 1. The molecule has 0 saturated carbocycles. The van der Waals surface area contributed by atoms with Crippen LogP contribution in [0.3, 0.4) is 0 Å². The third-order valence-corrected chi connectivity index (χ3v) is 7.51. The van der Waals surface area contributed by atoms with Crippen molar-refractivity contribution in [3.8, 4) is 11.1 Å². The first-order valence-corrected chi connectivity index (χ1v) is 11.7. The summed E-state index contributed by atoms with van der Waals surface area (Å²) in [5.41, 5.74) is 1.98. The van der Waals surface area contributed by atoms with Gasteiger partial charge in [0.15, 0.2) is 0 Å². The summed E-state index contributed by atoms with van der Waals surface area (Å²) in [6.07, 6.45) is 6.67. The highest BCUT2D eigenvalue weighted by Gasteiger charge is 2.24. The molecule has 0 unspecified atom stereocenters.